The van der Waals surface area contributed by atoms with Crippen molar-refractivity contribution in [1.29, 1.82) is 0 Å². The molecular formula is C19H25N5O2S. The van der Waals surface area contributed by atoms with E-state index in [0.717, 1.165) is 44.0 Å². The van der Waals surface area contributed by atoms with E-state index in [1.165, 1.54) is 11.3 Å². The molecule has 1 aromatic carbocycles. The van der Waals surface area contributed by atoms with E-state index in [2.05, 4.69) is 25.1 Å². The van der Waals surface area contributed by atoms with E-state index in [9.17, 15) is 4.79 Å². The highest BCUT2D eigenvalue weighted by atomic mass is 32.1. The molecule has 3 rings (SSSR count). The van der Waals surface area contributed by atoms with Crippen molar-refractivity contribution in [2.24, 2.45) is 4.99 Å². The first-order valence-corrected chi connectivity index (χ1v) is 9.90. The van der Waals surface area contributed by atoms with Gasteiger partial charge in [0.1, 0.15) is 12.4 Å². The molecule has 2 heterocycles. The standard InChI is InChI=1S/C19H25N5O2S/c1-20-14-16-2-4-17(5-3-16)26-12-11-23-7-9-24(10-8-23)15-18(25)22-19-21-6-13-27-19/h2-6,13-14H,7-12,15H2,1H3,(H,21,22,25). The Kier molecular flexibility index (Phi) is 7.32. The molecule has 1 fully saturated rings. The molecule has 1 N–H and O–H groups in total. The lowest BCUT2D eigenvalue weighted by Gasteiger charge is -2.34. The Balaban J connectivity index is 1.31. The van der Waals surface area contributed by atoms with Gasteiger partial charge < -0.3 is 10.1 Å². The summed E-state index contributed by atoms with van der Waals surface area (Å²) in [6.07, 6.45) is 3.51. The number of ether oxygens (including phenoxy) is 1. The molecule has 2 aromatic rings. The molecule has 1 saturated heterocycles. The second-order valence-corrected chi connectivity index (χ2v) is 7.20. The lowest BCUT2D eigenvalue weighted by Crippen LogP contribution is -2.49. The summed E-state index contributed by atoms with van der Waals surface area (Å²) in [7, 11) is 1.76. The molecule has 7 nitrogen and oxygen atoms in total. The minimum Gasteiger partial charge on any atom is -0.492 e. The van der Waals surface area contributed by atoms with E-state index < -0.39 is 0 Å². The van der Waals surface area contributed by atoms with Crippen LogP contribution in [0.2, 0.25) is 0 Å². The number of nitrogens with zero attached hydrogens (tertiary/aromatic N) is 4. The number of thiazole rings is 1. The number of aromatic nitrogens is 1. The number of aliphatic imine (C=N–C) groups is 1. The molecule has 1 aliphatic rings. The monoisotopic (exact) mass is 387 g/mol. The fourth-order valence-corrected chi connectivity index (χ4v) is 3.45. The number of carbonyl (C=O) groups excluding carboxylic acids is 1. The topological polar surface area (TPSA) is 70.1 Å². The van der Waals surface area contributed by atoms with Gasteiger partial charge in [-0.1, -0.05) is 0 Å². The Labute approximate surface area is 163 Å². The number of amides is 1. The summed E-state index contributed by atoms with van der Waals surface area (Å²) in [5.74, 6) is 0.874. The van der Waals surface area contributed by atoms with E-state index in [1.807, 2.05) is 35.9 Å². The van der Waals surface area contributed by atoms with Gasteiger partial charge in [0.15, 0.2) is 5.13 Å². The van der Waals surface area contributed by atoms with Gasteiger partial charge >= 0.3 is 0 Å². The predicted octanol–water partition coefficient (Wildman–Crippen LogP) is 1.83. The quantitative estimate of drug-likeness (QED) is 0.700. The van der Waals surface area contributed by atoms with Crippen LogP contribution in [0.15, 0.2) is 40.8 Å². The van der Waals surface area contributed by atoms with Gasteiger partial charge in [-0.3, -0.25) is 19.6 Å². The molecule has 0 saturated carbocycles. The molecule has 1 aromatic heterocycles. The van der Waals surface area contributed by atoms with Gasteiger partial charge in [0, 0.05) is 57.6 Å². The van der Waals surface area contributed by atoms with Crippen molar-refractivity contribution in [3.63, 3.8) is 0 Å². The molecule has 0 bridgehead atoms. The molecule has 144 valence electrons. The van der Waals surface area contributed by atoms with Gasteiger partial charge in [0.2, 0.25) is 5.91 Å². The normalized spacial score (nSPS) is 15.9. The van der Waals surface area contributed by atoms with E-state index in [0.29, 0.717) is 18.3 Å². The highest BCUT2D eigenvalue weighted by Crippen LogP contribution is 2.12. The Hall–Kier alpha value is -2.29. The first kappa shape index (κ1) is 19.5. The van der Waals surface area contributed by atoms with Crippen LogP contribution in [0.25, 0.3) is 0 Å². The molecule has 0 unspecified atom stereocenters. The Morgan fingerprint density at radius 2 is 2.00 bits per heavy atom. The molecule has 0 aliphatic carbocycles. The van der Waals surface area contributed by atoms with Crippen molar-refractivity contribution < 1.29 is 9.53 Å². The van der Waals surface area contributed by atoms with Crippen LogP contribution < -0.4 is 10.1 Å². The third kappa shape index (κ3) is 6.42. The third-order valence-electron chi connectivity index (χ3n) is 4.35. The molecule has 0 spiro atoms. The lowest BCUT2D eigenvalue weighted by atomic mass is 10.2. The fourth-order valence-electron chi connectivity index (χ4n) is 2.91. The average molecular weight is 388 g/mol. The third-order valence-corrected chi connectivity index (χ3v) is 5.03. The predicted molar refractivity (Wildman–Crippen MR) is 109 cm³/mol. The van der Waals surface area contributed by atoms with Crippen LogP contribution in [-0.4, -0.2) is 79.8 Å². The molecule has 0 atom stereocenters. The largest absolute Gasteiger partial charge is 0.492 e. The van der Waals surface area contributed by atoms with Gasteiger partial charge in [0.25, 0.3) is 0 Å². The van der Waals surface area contributed by atoms with Crippen molar-refractivity contribution >= 4 is 28.6 Å². The first-order chi connectivity index (χ1) is 13.2. The molecule has 27 heavy (non-hydrogen) atoms. The summed E-state index contributed by atoms with van der Waals surface area (Å²) in [5.41, 5.74) is 1.07. The number of hydrogen-bond donors (Lipinski definition) is 1. The van der Waals surface area contributed by atoms with E-state index in [4.69, 9.17) is 4.74 Å². The Morgan fingerprint density at radius 1 is 1.26 bits per heavy atom. The highest BCUT2D eigenvalue weighted by molar-refractivity contribution is 7.13. The van der Waals surface area contributed by atoms with Gasteiger partial charge in [-0.2, -0.15) is 0 Å². The van der Waals surface area contributed by atoms with Crippen LogP contribution in [0.4, 0.5) is 5.13 Å². The number of carbonyl (C=O) groups is 1. The summed E-state index contributed by atoms with van der Waals surface area (Å²) in [4.78, 5) is 24.6. The molecule has 8 heteroatoms. The van der Waals surface area contributed by atoms with Crippen LogP contribution in [0.1, 0.15) is 5.56 Å². The number of rotatable bonds is 8. The second-order valence-electron chi connectivity index (χ2n) is 6.31. The fraction of sp³-hybridized carbons (Fsp3) is 0.421. The summed E-state index contributed by atoms with van der Waals surface area (Å²) >= 11 is 1.43. The number of benzene rings is 1. The zero-order valence-electron chi connectivity index (χ0n) is 15.5. The van der Waals surface area contributed by atoms with Crippen LogP contribution in [0.3, 0.4) is 0 Å². The maximum atomic E-state index is 12.0. The SMILES string of the molecule is CN=Cc1ccc(OCCN2CCN(CC(=O)Nc3nccs3)CC2)cc1. The highest BCUT2D eigenvalue weighted by Gasteiger charge is 2.19. The summed E-state index contributed by atoms with van der Waals surface area (Å²) < 4.78 is 5.82. The van der Waals surface area contributed by atoms with Crippen molar-refractivity contribution in [2.75, 3.05) is 58.2 Å². The Morgan fingerprint density at radius 3 is 2.67 bits per heavy atom. The minimum absolute atomic E-state index is 0.00158. The summed E-state index contributed by atoms with van der Waals surface area (Å²) in [5, 5.41) is 5.34. The maximum absolute atomic E-state index is 12.0. The van der Waals surface area contributed by atoms with Gasteiger partial charge in [-0.15, -0.1) is 11.3 Å². The van der Waals surface area contributed by atoms with Crippen molar-refractivity contribution in [3.05, 3.63) is 41.4 Å². The van der Waals surface area contributed by atoms with Crippen LogP contribution in [0, 0.1) is 0 Å². The zero-order chi connectivity index (χ0) is 18.9. The molecule has 1 aliphatic heterocycles. The second kappa shape index (κ2) is 10.1. The van der Waals surface area contributed by atoms with Crippen molar-refractivity contribution in [2.45, 2.75) is 0 Å². The van der Waals surface area contributed by atoms with E-state index in [1.54, 1.807) is 13.2 Å². The number of nitrogens with one attached hydrogen (secondary N) is 1. The molecule has 0 radical (unpaired) electrons. The number of hydrogen-bond acceptors (Lipinski definition) is 7. The first-order valence-electron chi connectivity index (χ1n) is 9.02. The Bertz CT molecular complexity index is 725. The van der Waals surface area contributed by atoms with Crippen molar-refractivity contribution in [1.82, 2.24) is 14.8 Å². The minimum atomic E-state index is -0.00158. The van der Waals surface area contributed by atoms with Gasteiger partial charge in [-0.25, -0.2) is 4.98 Å². The molecule has 1 amide bonds. The zero-order valence-corrected chi connectivity index (χ0v) is 16.3. The van der Waals surface area contributed by atoms with Gasteiger partial charge in [-0.05, 0) is 29.8 Å². The van der Waals surface area contributed by atoms with Crippen LogP contribution in [0.5, 0.6) is 5.75 Å². The van der Waals surface area contributed by atoms with E-state index in [-0.39, 0.29) is 5.91 Å². The summed E-state index contributed by atoms with van der Waals surface area (Å²) in [6, 6.07) is 7.93. The average Bonchev–Trinajstić information content (AvgIpc) is 3.18. The molecular weight excluding hydrogens is 362 g/mol. The number of anilines is 1. The number of piperazine rings is 1. The van der Waals surface area contributed by atoms with Crippen LogP contribution in [-0.2, 0) is 4.79 Å². The van der Waals surface area contributed by atoms with Crippen LogP contribution >= 0.6 is 11.3 Å². The lowest BCUT2D eigenvalue weighted by molar-refractivity contribution is -0.117. The smallest absolute Gasteiger partial charge is 0.240 e. The summed E-state index contributed by atoms with van der Waals surface area (Å²) in [6.45, 7) is 5.62. The maximum Gasteiger partial charge on any atom is 0.240 e. The van der Waals surface area contributed by atoms with Crippen molar-refractivity contribution in [3.8, 4) is 5.75 Å². The van der Waals surface area contributed by atoms with E-state index >= 15 is 0 Å². The van der Waals surface area contributed by atoms with Gasteiger partial charge in [0.05, 0.1) is 6.54 Å².